The van der Waals surface area contributed by atoms with Crippen molar-refractivity contribution in [1.29, 1.82) is 5.26 Å². The summed E-state index contributed by atoms with van der Waals surface area (Å²) in [6.45, 7) is 6.49. The molecule has 170 valence electrons. The summed E-state index contributed by atoms with van der Waals surface area (Å²) in [6.07, 6.45) is 5.60. The number of imidazole rings is 1. The number of nitrogens with zero attached hydrogens (tertiary/aromatic N) is 4. The van der Waals surface area contributed by atoms with Crippen molar-refractivity contribution in [2.24, 2.45) is 5.92 Å². The molecule has 1 aliphatic heterocycles. The van der Waals surface area contributed by atoms with Crippen molar-refractivity contribution in [3.05, 3.63) is 66.0 Å². The van der Waals surface area contributed by atoms with E-state index in [0.717, 1.165) is 43.3 Å². The predicted molar refractivity (Wildman–Crippen MR) is 127 cm³/mol. The van der Waals surface area contributed by atoms with E-state index in [1.165, 1.54) is 5.56 Å². The Balaban J connectivity index is 1.29. The molecule has 0 N–H and O–H groups in total. The smallest absolute Gasteiger partial charge is 0.410 e. The molecule has 1 amide bonds. The quantitative estimate of drug-likeness (QED) is 0.540. The molecule has 1 spiro atoms. The lowest BCUT2D eigenvalue weighted by Crippen LogP contribution is -2.42. The van der Waals surface area contributed by atoms with E-state index in [4.69, 9.17) is 4.74 Å². The first-order valence-electron chi connectivity index (χ1n) is 11.8. The number of benzene rings is 2. The van der Waals surface area contributed by atoms with E-state index in [-0.39, 0.29) is 11.5 Å². The maximum Gasteiger partial charge on any atom is 0.410 e. The molecule has 33 heavy (non-hydrogen) atoms. The Hall–Kier alpha value is -3.33. The van der Waals surface area contributed by atoms with E-state index in [1.54, 1.807) is 6.07 Å². The molecule has 1 saturated heterocycles. The number of carbonyl (C=O) groups is 1. The molecule has 1 aliphatic carbocycles. The van der Waals surface area contributed by atoms with Gasteiger partial charge in [-0.05, 0) is 55.4 Å². The highest BCUT2D eigenvalue weighted by molar-refractivity contribution is 5.77. The van der Waals surface area contributed by atoms with Gasteiger partial charge in [-0.3, -0.25) is 0 Å². The average Bonchev–Trinajstić information content (AvgIpc) is 3.33. The highest BCUT2D eigenvalue weighted by Crippen LogP contribution is 2.41. The Morgan fingerprint density at radius 2 is 2.06 bits per heavy atom. The second-order valence-corrected chi connectivity index (χ2v) is 10.3. The van der Waals surface area contributed by atoms with Crippen molar-refractivity contribution in [2.45, 2.75) is 57.1 Å². The van der Waals surface area contributed by atoms with Gasteiger partial charge in [0.15, 0.2) is 0 Å². The molecule has 6 heteroatoms. The zero-order valence-electron chi connectivity index (χ0n) is 19.3. The topological polar surface area (TPSA) is 71.2 Å². The van der Waals surface area contributed by atoms with Gasteiger partial charge in [0.2, 0.25) is 0 Å². The van der Waals surface area contributed by atoms with Crippen molar-refractivity contribution >= 4 is 17.1 Å². The molecular formula is C27H30N4O2. The Bertz CT molecular complexity index is 1210. The number of hydrogen-bond donors (Lipinski definition) is 0. The van der Waals surface area contributed by atoms with Crippen molar-refractivity contribution in [2.75, 3.05) is 13.1 Å². The summed E-state index contributed by atoms with van der Waals surface area (Å²) in [5.74, 6) is 0.400. The summed E-state index contributed by atoms with van der Waals surface area (Å²) in [6, 6.07) is 18.2. The van der Waals surface area contributed by atoms with Crippen LogP contribution < -0.4 is 0 Å². The number of nitriles is 1. The summed E-state index contributed by atoms with van der Waals surface area (Å²) in [5, 5.41) is 9.26. The van der Waals surface area contributed by atoms with Gasteiger partial charge in [0, 0.05) is 18.5 Å². The van der Waals surface area contributed by atoms with Crippen LogP contribution in [0.15, 0.2) is 54.9 Å². The fourth-order valence-corrected chi connectivity index (χ4v) is 5.66. The van der Waals surface area contributed by atoms with Gasteiger partial charge in [-0.2, -0.15) is 5.26 Å². The Labute approximate surface area is 194 Å². The maximum atomic E-state index is 12.9. The van der Waals surface area contributed by atoms with E-state index >= 15 is 0 Å². The zero-order chi connectivity index (χ0) is 23.1. The van der Waals surface area contributed by atoms with E-state index in [9.17, 15) is 10.1 Å². The molecule has 2 fully saturated rings. The zero-order valence-corrected chi connectivity index (χ0v) is 19.3. The van der Waals surface area contributed by atoms with Crippen LogP contribution in [-0.4, -0.2) is 39.2 Å². The normalized spacial score (nSPS) is 23.1. The van der Waals surface area contributed by atoms with Crippen LogP contribution in [0.3, 0.4) is 0 Å². The summed E-state index contributed by atoms with van der Waals surface area (Å²) in [5.41, 5.74) is 3.22. The fraction of sp³-hybridized carbons (Fsp3) is 0.444. The lowest BCUT2D eigenvalue weighted by atomic mass is 9.77. The largest absolute Gasteiger partial charge is 0.441 e. The molecule has 1 aromatic heterocycles. The first-order valence-corrected chi connectivity index (χ1v) is 11.8. The van der Waals surface area contributed by atoms with Gasteiger partial charge in [-0.1, -0.05) is 44.2 Å². The van der Waals surface area contributed by atoms with Gasteiger partial charge in [-0.15, -0.1) is 0 Å². The lowest BCUT2D eigenvalue weighted by molar-refractivity contribution is 0.00414. The van der Waals surface area contributed by atoms with Crippen LogP contribution in [-0.2, 0) is 16.7 Å². The number of ether oxygens (including phenoxy) is 1. The molecule has 2 atom stereocenters. The van der Waals surface area contributed by atoms with Crippen molar-refractivity contribution < 1.29 is 9.53 Å². The molecule has 1 unspecified atom stereocenters. The van der Waals surface area contributed by atoms with Crippen LogP contribution in [0.25, 0.3) is 11.0 Å². The molecule has 2 heterocycles. The minimum Gasteiger partial charge on any atom is -0.441 e. The summed E-state index contributed by atoms with van der Waals surface area (Å²) >= 11 is 0. The van der Waals surface area contributed by atoms with Crippen LogP contribution in [0.2, 0.25) is 0 Å². The van der Waals surface area contributed by atoms with Gasteiger partial charge in [0.05, 0.1) is 35.5 Å². The molecule has 1 saturated carbocycles. The molecule has 5 rings (SSSR count). The molecular weight excluding hydrogens is 412 g/mol. The number of aromatic nitrogens is 2. The molecule has 2 aromatic carbocycles. The average molecular weight is 443 g/mol. The second kappa shape index (κ2) is 8.22. The SMILES string of the molecule is CC(C)(CN1C[C@@]2(CCCC(Cn3cnc4ccc(C#N)cc43)C2)OC1=O)c1ccccc1. The third-order valence-corrected chi connectivity index (χ3v) is 7.29. The van der Waals surface area contributed by atoms with Crippen LogP contribution >= 0.6 is 0 Å². The third-order valence-electron chi connectivity index (χ3n) is 7.29. The number of amides is 1. The monoisotopic (exact) mass is 442 g/mol. The Kier molecular flexibility index (Phi) is 5.36. The lowest BCUT2D eigenvalue weighted by Gasteiger charge is -2.36. The summed E-state index contributed by atoms with van der Waals surface area (Å²) in [4.78, 5) is 19.3. The van der Waals surface area contributed by atoms with Crippen LogP contribution in [0, 0.1) is 17.2 Å². The first kappa shape index (κ1) is 21.5. The van der Waals surface area contributed by atoms with Crippen LogP contribution in [0.5, 0.6) is 0 Å². The molecule has 3 aromatic rings. The van der Waals surface area contributed by atoms with Gasteiger partial charge < -0.3 is 14.2 Å². The van der Waals surface area contributed by atoms with Crippen molar-refractivity contribution in [3.8, 4) is 6.07 Å². The Morgan fingerprint density at radius 1 is 1.24 bits per heavy atom. The summed E-state index contributed by atoms with van der Waals surface area (Å²) < 4.78 is 8.22. The second-order valence-electron chi connectivity index (χ2n) is 10.3. The molecule has 2 aliphatic rings. The Morgan fingerprint density at radius 3 is 2.85 bits per heavy atom. The van der Waals surface area contributed by atoms with Crippen molar-refractivity contribution in [1.82, 2.24) is 14.5 Å². The number of hydrogen-bond acceptors (Lipinski definition) is 4. The van der Waals surface area contributed by atoms with Crippen LogP contribution in [0.4, 0.5) is 4.79 Å². The number of rotatable bonds is 5. The third kappa shape index (κ3) is 4.20. The van der Waals surface area contributed by atoms with E-state index in [0.29, 0.717) is 24.6 Å². The first-order chi connectivity index (χ1) is 15.9. The number of fused-ring (bicyclic) bond motifs is 1. The molecule has 6 nitrogen and oxygen atoms in total. The van der Waals surface area contributed by atoms with Gasteiger partial charge in [0.25, 0.3) is 0 Å². The predicted octanol–water partition coefficient (Wildman–Crippen LogP) is 5.27. The van der Waals surface area contributed by atoms with E-state index in [1.807, 2.05) is 41.6 Å². The van der Waals surface area contributed by atoms with Gasteiger partial charge >= 0.3 is 6.09 Å². The minimum atomic E-state index is -0.402. The highest BCUT2D eigenvalue weighted by Gasteiger charge is 2.49. The highest BCUT2D eigenvalue weighted by atomic mass is 16.6. The molecule has 0 bridgehead atoms. The van der Waals surface area contributed by atoms with Crippen LogP contribution in [0.1, 0.15) is 50.7 Å². The standard InChI is InChI=1S/C27H30N4O2/c1-26(2,22-8-4-3-5-9-22)17-31-18-27(33-25(31)32)12-6-7-21(14-27)16-30-19-29-23-11-10-20(15-28)13-24(23)30/h3-5,8-11,13,19,21H,6-7,12,14,16-18H2,1-2H3/t21?,27-/m0/s1. The van der Waals surface area contributed by atoms with Gasteiger partial charge in [0.1, 0.15) is 5.60 Å². The van der Waals surface area contributed by atoms with E-state index in [2.05, 4.69) is 41.6 Å². The number of carbonyl (C=O) groups excluding carboxylic acids is 1. The van der Waals surface area contributed by atoms with E-state index < -0.39 is 5.60 Å². The molecule has 0 radical (unpaired) electrons. The summed E-state index contributed by atoms with van der Waals surface area (Å²) in [7, 11) is 0. The minimum absolute atomic E-state index is 0.145. The maximum absolute atomic E-state index is 12.9. The fourth-order valence-electron chi connectivity index (χ4n) is 5.66. The van der Waals surface area contributed by atoms with Crippen molar-refractivity contribution in [3.63, 3.8) is 0 Å². The van der Waals surface area contributed by atoms with Gasteiger partial charge in [-0.25, -0.2) is 9.78 Å².